The predicted octanol–water partition coefficient (Wildman–Crippen LogP) is 4.06. The number of aromatic nitrogens is 2. The first kappa shape index (κ1) is 19.7. The summed E-state index contributed by atoms with van der Waals surface area (Å²) < 4.78 is 5.57. The van der Waals surface area contributed by atoms with E-state index in [4.69, 9.17) is 4.74 Å². The molecule has 140 valence electrons. The second-order valence-electron chi connectivity index (χ2n) is 6.06. The molecule has 0 saturated carbocycles. The van der Waals surface area contributed by atoms with Crippen LogP contribution in [-0.2, 0) is 0 Å². The van der Waals surface area contributed by atoms with E-state index < -0.39 is 0 Å². The van der Waals surface area contributed by atoms with E-state index in [1.165, 1.54) is 0 Å². The van der Waals surface area contributed by atoms with Crippen molar-refractivity contribution in [3.8, 4) is 5.75 Å². The molecule has 26 heavy (non-hydrogen) atoms. The lowest BCUT2D eigenvalue weighted by Gasteiger charge is -2.22. The molecule has 0 saturated heterocycles. The number of amides is 1. The highest BCUT2D eigenvalue weighted by molar-refractivity contribution is 6.03. The normalized spacial score (nSPS) is 10.5. The molecule has 2 aromatic rings. The zero-order valence-electron chi connectivity index (χ0n) is 16.1. The van der Waals surface area contributed by atoms with Crippen LogP contribution in [0.2, 0.25) is 0 Å². The minimum atomic E-state index is -0.267. The highest BCUT2D eigenvalue weighted by Gasteiger charge is 2.16. The van der Waals surface area contributed by atoms with Gasteiger partial charge >= 0.3 is 0 Å². The monoisotopic (exact) mass is 356 g/mol. The second-order valence-corrected chi connectivity index (χ2v) is 6.06. The number of nitrogens with zero attached hydrogens (tertiary/aromatic N) is 3. The molecule has 0 radical (unpaired) electrons. The maximum Gasteiger partial charge on any atom is 0.274 e. The molecule has 6 nitrogen and oxygen atoms in total. The van der Waals surface area contributed by atoms with Gasteiger partial charge in [-0.3, -0.25) is 4.79 Å². The molecule has 0 fully saturated rings. The molecule has 0 atom stereocenters. The van der Waals surface area contributed by atoms with E-state index in [-0.39, 0.29) is 5.91 Å². The number of anilines is 2. The predicted molar refractivity (Wildman–Crippen MR) is 105 cm³/mol. The maximum absolute atomic E-state index is 12.7. The van der Waals surface area contributed by atoms with Crippen LogP contribution >= 0.6 is 0 Å². The van der Waals surface area contributed by atoms with Gasteiger partial charge in [0, 0.05) is 18.8 Å². The molecule has 1 amide bonds. The molecule has 1 N–H and O–H groups in total. The Kier molecular flexibility index (Phi) is 7.38. The van der Waals surface area contributed by atoms with Crippen LogP contribution < -0.4 is 15.0 Å². The number of aryl methyl sites for hydroxylation is 1. The average Bonchev–Trinajstić information content (AvgIpc) is 2.63. The van der Waals surface area contributed by atoms with Crippen molar-refractivity contribution in [3.05, 3.63) is 41.7 Å². The average molecular weight is 356 g/mol. The fourth-order valence-corrected chi connectivity index (χ4v) is 2.70. The molecule has 0 bridgehead atoms. The van der Waals surface area contributed by atoms with Crippen molar-refractivity contribution >= 4 is 17.5 Å². The Labute approximate surface area is 155 Å². The number of nitrogens with one attached hydrogen (secondary N) is 1. The van der Waals surface area contributed by atoms with Crippen LogP contribution in [0.25, 0.3) is 0 Å². The van der Waals surface area contributed by atoms with E-state index in [1.54, 1.807) is 6.07 Å². The largest absolute Gasteiger partial charge is 0.492 e. The van der Waals surface area contributed by atoms with E-state index in [0.29, 0.717) is 29.7 Å². The van der Waals surface area contributed by atoms with E-state index >= 15 is 0 Å². The van der Waals surface area contributed by atoms with E-state index in [1.807, 2.05) is 38.1 Å². The summed E-state index contributed by atoms with van der Waals surface area (Å²) in [5, 5.41) is 2.90. The zero-order chi connectivity index (χ0) is 18.9. The van der Waals surface area contributed by atoms with Crippen molar-refractivity contribution in [2.45, 2.75) is 40.5 Å². The third-order valence-corrected chi connectivity index (χ3v) is 3.78. The molecular formula is C20H28N4O2. The van der Waals surface area contributed by atoms with Crippen LogP contribution in [-0.4, -0.2) is 35.6 Å². The standard InChI is InChI=1S/C20H28N4O2/c1-5-12-24(13-6-2)20-21-15(4)14-17(23-20)19(25)22-16-10-8-9-11-18(16)26-7-3/h8-11,14H,5-7,12-13H2,1-4H3,(H,22,25). The minimum absolute atomic E-state index is 0.267. The van der Waals surface area contributed by atoms with Crippen LogP contribution in [0.15, 0.2) is 30.3 Å². The van der Waals surface area contributed by atoms with E-state index in [2.05, 4.69) is 34.0 Å². The quantitative estimate of drug-likeness (QED) is 0.734. The Balaban J connectivity index is 2.26. The number of hydrogen-bond donors (Lipinski definition) is 1. The van der Waals surface area contributed by atoms with Crippen molar-refractivity contribution < 1.29 is 9.53 Å². The van der Waals surface area contributed by atoms with Gasteiger partial charge in [0.2, 0.25) is 5.95 Å². The molecule has 2 rings (SSSR count). The van der Waals surface area contributed by atoms with Gasteiger partial charge in [-0.1, -0.05) is 26.0 Å². The van der Waals surface area contributed by atoms with Crippen molar-refractivity contribution in [3.63, 3.8) is 0 Å². The second kappa shape index (κ2) is 9.75. The van der Waals surface area contributed by atoms with Gasteiger partial charge in [0.25, 0.3) is 5.91 Å². The van der Waals surface area contributed by atoms with Gasteiger partial charge < -0.3 is 15.0 Å². The van der Waals surface area contributed by atoms with Crippen molar-refractivity contribution in [2.75, 3.05) is 29.9 Å². The lowest BCUT2D eigenvalue weighted by atomic mass is 10.2. The summed E-state index contributed by atoms with van der Waals surface area (Å²) >= 11 is 0. The number of hydrogen-bond acceptors (Lipinski definition) is 5. The van der Waals surface area contributed by atoms with Gasteiger partial charge in [0.15, 0.2) is 0 Å². The number of para-hydroxylation sites is 2. The first-order chi connectivity index (χ1) is 12.6. The zero-order valence-corrected chi connectivity index (χ0v) is 16.1. The summed E-state index contributed by atoms with van der Waals surface area (Å²) in [5.74, 6) is 0.988. The maximum atomic E-state index is 12.7. The van der Waals surface area contributed by atoms with Crippen LogP contribution in [0.4, 0.5) is 11.6 Å². The Morgan fingerprint density at radius 2 is 1.81 bits per heavy atom. The minimum Gasteiger partial charge on any atom is -0.492 e. The summed E-state index contributed by atoms with van der Waals surface area (Å²) in [6, 6.07) is 9.09. The van der Waals surface area contributed by atoms with Gasteiger partial charge in [0.1, 0.15) is 11.4 Å². The summed E-state index contributed by atoms with van der Waals surface area (Å²) in [4.78, 5) is 23.9. The molecule has 1 aromatic heterocycles. The lowest BCUT2D eigenvalue weighted by Crippen LogP contribution is -2.28. The van der Waals surface area contributed by atoms with Crippen LogP contribution in [0.3, 0.4) is 0 Å². The van der Waals surface area contributed by atoms with Gasteiger partial charge in [-0.2, -0.15) is 0 Å². The topological polar surface area (TPSA) is 67.4 Å². The summed E-state index contributed by atoms with van der Waals surface area (Å²) in [6.45, 7) is 10.3. The van der Waals surface area contributed by atoms with Crippen LogP contribution in [0.5, 0.6) is 5.75 Å². The smallest absolute Gasteiger partial charge is 0.274 e. The molecule has 1 heterocycles. The molecule has 6 heteroatoms. The van der Waals surface area contributed by atoms with Crippen LogP contribution in [0, 0.1) is 6.92 Å². The number of ether oxygens (including phenoxy) is 1. The van der Waals surface area contributed by atoms with Crippen molar-refractivity contribution in [2.24, 2.45) is 0 Å². The fraction of sp³-hybridized carbons (Fsp3) is 0.450. The van der Waals surface area contributed by atoms with Gasteiger partial charge in [0.05, 0.1) is 12.3 Å². The summed E-state index contributed by atoms with van der Waals surface area (Å²) in [7, 11) is 0. The molecule has 0 aliphatic rings. The molecule has 0 spiro atoms. The highest BCUT2D eigenvalue weighted by Crippen LogP contribution is 2.24. The number of carbonyl (C=O) groups excluding carboxylic acids is 1. The Hall–Kier alpha value is -2.63. The lowest BCUT2D eigenvalue weighted by molar-refractivity contribution is 0.102. The first-order valence-electron chi connectivity index (χ1n) is 9.22. The van der Waals surface area contributed by atoms with Gasteiger partial charge in [-0.05, 0) is 44.9 Å². The van der Waals surface area contributed by atoms with Crippen LogP contribution in [0.1, 0.15) is 49.8 Å². The fourth-order valence-electron chi connectivity index (χ4n) is 2.70. The Morgan fingerprint density at radius 3 is 2.46 bits per heavy atom. The van der Waals surface area contributed by atoms with E-state index in [0.717, 1.165) is 31.6 Å². The molecule has 1 aromatic carbocycles. The van der Waals surface area contributed by atoms with E-state index in [9.17, 15) is 4.79 Å². The Morgan fingerprint density at radius 1 is 1.12 bits per heavy atom. The summed E-state index contributed by atoms with van der Waals surface area (Å²) in [5.41, 5.74) is 1.77. The molecule has 0 aliphatic carbocycles. The molecule has 0 aliphatic heterocycles. The SMILES string of the molecule is CCCN(CCC)c1nc(C)cc(C(=O)Nc2ccccc2OCC)n1. The highest BCUT2D eigenvalue weighted by atomic mass is 16.5. The number of benzene rings is 1. The Bertz CT molecular complexity index is 728. The summed E-state index contributed by atoms with van der Waals surface area (Å²) in [6.07, 6.45) is 2.00. The van der Waals surface area contributed by atoms with Gasteiger partial charge in [-0.15, -0.1) is 0 Å². The molecule has 0 unspecified atom stereocenters. The third kappa shape index (κ3) is 5.18. The van der Waals surface area contributed by atoms with Crippen molar-refractivity contribution in [1.29, 1.82) is 0 Å². The van der Waals surface area contributed by atoms with Gasteiger partial charge in [-0.25, -0.2) is 9.97 Å². The third-order valence-electron chi connectivity index (χ3n) is 3.78. The number of rotatable bonds is 9. The first-order valence-corrected chi connectivity index (χ1v) is 9.22. The number of carbonyl (C=O) groups is 1. The molecular weight excluding hydrogens is 328 g/mol. The van der Waals surface area contributed by atoms with Crippen molar-refractivity contribution in [1.82, 2.24) is 9.97 Å².